The molecule has 3 aromatic rings. The molecule has 4 rings (SSSR count). The van der Waals surface area contributed by atoms with Crippen LogP contribution in [0, 0.1) is 17.1 Å². The van der Waals surface area contributed by atoms with Gasteiger partial charge in [0, 0.05) is 23.2 Å². The molecule has 3 amide bonds. The second kappa shape index (κ2) is 10.3. The normalized spacial score (nSPS) is 12.6. The summed E-state index contributed by atoms with van der Waals surface area (Å²) in [6.07, 6.45) is 1.72. The van der Waals surface area contributed by atoms with Crippen molar-refractivity contribution < 1.29 is 14.0 Å². The highest BCUT2D eigenvalue weighted by atomic mass is 32.1. The van der Waals surface area contributed by atoms with Crippen molar-refractivity contribution in [1.82, 2.24) is 9.80 Å². The van der Waals surface area contributed by atoms with Gasteiger partial charge in [0.05, 0.1) is 18.2 Å². The Kier molecular flexibility index (Phi) is 7.01. The summed E-state index contributed by atoms with van der Waals surface area (Å²) < 4.78 is 13.3. The Bertz CT molecular complexity index is 1140. The predicted octanol–water partition coefficient (Wildman–Crippen LogP) is 4.98. The highest BCUT2D eigenvalue weighted by molar-refractivity contribution is 7.09. The van der Waals surface area contributed by atoms with E-state index in [1.54, 1.807) is 57.5 Å². The van der Waals surface area contributed by atoms with Gasteiger partial charge >= 0.3 is 6.03 Å². The third-order valence-electron chi connectivity index (χ3n) is 5.39. The molecule has 1 aliphatic carbocycles. The van der Waals surface area contributed by atoms with E-state index in [2.05, 4.69) is 5.32 Å². The molecule has 0 spiro atoms. The van der Waals surface area contributed by atoms with Gasteiger partial charge in [-0.15, -0.1) is 11.3 Å². The van der Waals surface area contributed by atoms with Gasteiger partial charge in [-0.2, -0.15) is 5.26 Å². The number of hydrogen-bond acceptors (Lipinski definition) is 4. The molecule has 1 N–H and O–H groups in total. The van der Waals surface area contributed by atoms with Gasteiger partial charge in [0.2, 0.25) is 5.91 Å². The molecular formula is C25H23FN4O2S. The summed E-state index contributed by atoms with van der Waals surface area (Å²) in [6.45, 7) is 0.704. The fourth-order valence-corrected chi connectivity index (χ4v) is 4.17. The number of benzene rings is 2. The molecule has 0 unspecified atom stereocenters. The molecule has 1 fully saturated rings. The molecule has 0 bridgehead atoms. The third kappa shape index (κ3) is 6.18. The van der Waals surface area contributed by atoms with Gasteiger partial charge in [-0.1, -0.05) is 18.2 Å². The number of nitrogens with zero attached hydrogens (tertiary/aromatic N) is 3. The van der Waals surface area contributed by atoms with Crippen molar-refractivity contribution in [3.05, 3.63) is 87.9 Å². The zero-order valence-corrected chi connectivity index (χ0v) is 18.7. The molecule has 168 valence electrons. The predicted molar refractivity (Wildman–Crippen MR) is 125 cm³/mol. The monoisotopic (exact) mass is 462 g/mol. The lowest BCUT2D eigenvalue weighted by Gasteiger charge is -2.28. The topological polar surface area (TPSA) is 76.4 Å². The van der Waals surface area contributed by atoms with Gasteiger partial charge < -0.3 is 15.1 Å². The lowest BCUT2D eigenvalue weighted by Crippen LogP contribution is -2.45. The summed E-state index contributed by atoms with van der Waals surface area (Å²) in [5.41, 5.74) is 1.90. The first-order chi connectivity index (χ1) is 16.0. The summed E-state index contributed by atoms with van der Waals surface area (Å²) in [4.78, 5) is 30.6. The Labute approximate surface area is 195 Å². The number of carbonyl (C=O) groups is 2. The second-order valence-corrected chi connectivity index (χ2v) is 8.97. The van der Waals surface area contributed by atoms with E-state index in [9.17, 15) is 14.0 Å². The minimum Gasteiger partial charge on any atom is -0.332 e. The van der Waals surface area contributed by atoms with E-state index in [-0.39, 0.29) is 30.3 Å². The second-order valence-electron chi connectivity index (χ2n) is 7.93. The van der Waals surface area contributed by atoms with Crippen LogP contribution in [0.25, 0.3) is 0 Å². The Morgan fingerprint density at radius 2 is 1.79 bits per heavy atom. The molecule has 33 heavy (non-hydrogen) atoms. The maximum Gasteiger partial charge on any atom is 0.322 e. The van der Waals surface area contributed by atoms with E-state index in [4.69, 9.17) is 5.26 Å². The lowest BCUT2D eigenvalue weighted by molar-refractivity contribution is -0.133. The first-order valence-electron chi connectivity index (χ1n) is 10.6. The Balaban J connectivity index is 1.46. The number of rotatable bonds is 8. The van der Waals surface area contributed by atoms with Gasteiger partial charge in [0.25, 0.3) is 0 Å². The Hall–Kier alpha value is -3.70. The number of amides is 3. The van der Waals surface area contributed by atoms with Crippen LogP contribution in [0.3, 0.4) is 0 Å². The SMILES string of the molecule is N#Cc1ccc(NC(=O)N(CC(=O)N(Cc2ccc(F)cc2)Cc2cccs2)C2CC2)cc1. The van der Waals surface area contributed by atoms with Gasteiger partial charge in [-0.3, -0.25) is 4.79 Å². The van der Waals surface area contributed by atoms with E-state index < -0.39 is 0 Å². The largest absolute Gasteiger partial charge is 0.332 e. The zero-order valence-electron chi connectivity index (χ0n) is 17.9. The highest BCUT2D eigenvalue weighted by Crippen LogP contribution is 2.28. The molecule has 0 radical (unpaired) electrons. The zero-order chi connectivity index (χ0) is 23.2. The number of nitriles is 1. The molecular weight excluding hydrogens is 439 g/mol. The van der Waals surface area contributed by atoms with E-state index in [0.717, 1.165) is 23.3 Å². The van der Waals surface area contributed by atoms with Crippen molar-refractivity contribution in [2.45, 2.75) is 32.0 Å². The smallest absolute Gasteiger partial charge is 0.322 e. The quantitative estimate of drug-likeness (QED) is 0.513. The number of urea groups is 1. The average molecular weight is 463 g/mol. The van der Waals surface area contributed by atoms with Gasteiger partial charge in [0.15, 0.2) is 0 Å². The number of carbonyl (C=O) groups excluding carboxylic acids is 2. The molecule has 0 aliphatic heterocycles. The summed E-state index contributed by atoms with van der Waals surface area (Å²) in [5, 5.41) is 13.7. The molecule has 1 aromatic heterocycles. The highest BCUT2D eigenvalue weighted by Gasteiger charge is 2.35. The number of hydrogen-bond donors (Lipinski definition) is 1. The van der Waals surface area contributed by atoms with Crippen molar-refractivity contribution in [3.8, 4) is 6.07 Å². The molecule has 6 nitrogen and oxygen atoms in total. The van der Waals surface area contributed by atoms with Crippen molar-refractivity contribution in [1.29, 1.82) is 5.26 Å². The summed E-state index contributed by atoms with van der Waals surface area (Å²) in [6, 6.07) is 18.3. The maximum absolute atomic E-state index is 13.3. The summed E-state index contributed by atoms with van der Waals surface area (Å²) in [5.74, 6) is -0.496. The summed E-state index contributed by atoms with van der Waals surface area (Å²) >= 11 is 1.56. The number of halogens is 1. The lowest BCUT2D eigenvalue weighted by atomic mass is 10.2. The number of anilines is 1. The van der Waals surface area contributed by atoms with Crippen LogP contribution in [-0.2, 0) is 17.9 Å². The molecule has 8 heteroatoms. The van der Waals surface area contributed by atoms with Gasteiger partial charge in [-0.05, 0) is 66.2 Å². The van der Waals surface area contributed by atoms with Crippen LogP contribution in [0.1, 0.15) is 28.8 Å². The van der Waals surface area contributed by atoms with Gasteiger partial charge in [-0.25, -0.2) is 9.18 Å². The fraction of sp³-hybridized carbons (Fsp3) is 0.240. The van der Waals surface area contributed by atoms with Crippen LogP contribution in [-0.4, -0.2) is 34.3 Å². The molecule has 1 saturated carbocycles. The molecule has 2 aromatic carbocycles. The minimum atomic E-state index is -0.339. The van der Waals surface area contributed by atoms with Crippen LogP contribution < -0.4 is 5.32 Å². The van der Waals surface area contributed by atoms with Crippen LogP contribution in [0.5, 0.6) is 0 Å². The fourth-order valence-electron chi connectivity index (χ4n) is 3.46. The average Bonchev–Trinajstić information content (AvgIpc) is 3.53. The molecule has 0 saturated heterocycles. The van der Waals surface area contributed by atoms with Crippen LogP contribution in [0.4, 0.5) is 14.9 Å². The van der Waals surface area contributed by atoms with E-state index in [1.165, 1.54) is 12.1 Å². The van der Waals surface area contributed by atoms with Gasteiger partial charge in [0.1, 0.15) is 12.4 Å². The van der Waals surface area contributed by atoms with Crippen LogP contribution in [0.15, 0.2) is 66.0 Å². The Morgan fingerprint density at radius 1 is 1.06 bits per heavy atom. The van der Waals surface area contributed by atoms with Crippen LogP contribution in [0.2, 0.25) is 0 Å². The van der Waals surface area contributed by atoms with E-state index >= 15 is 0 Å². The first-order valence-corrected chi connectivity index (χ1v) is 11.5. The minimum absolute atomic E-state index is 0.0294. The molecule has 1 aliphatic rings. The number of thiophene rings is 1. The van der Waals surface area contributed by atoms with Crippen molar-refractivity contribution in [3.63, 3.8) is 0 Å². The number of nitrogens with one attached hydrogen (secondary N) is 1. The Morgan fingerprint density at radius 3 is 2.39 bits per heavy atom. The summed E-state index contributed by atoms with van der Waals surface area (Å²) in [7, 11) is 0. The van der Waals surface area contributed by atoms with E-state index in [1.807, 2.05) is 23.6 Å². The maximum atomic E-state index is 13.3. The van der Waals surface area contributed by atoms with Crippen molar-refractivity contribution >= 4 is 29.0 Å². The van der Waals surface area contributed by atoms with Crippen LogP contribution >= 0.6 is 11.3 Å². The molecule has 1 heterocycles. The van der Waals surface area contributed by atoms with Crippen molar-refractivity contribution in [2.24, 2.45) is 0 Å². The van der Waals surface area contributed by atoms with E-state index in [0.29, 0.717) is 24.3 Å². The third-order valence-corrected chi connectivity index (χ3v) is 6.25. The standard InChI is InChI=1S/C25H23FN4O2S/c26-20-7-3-19(4-8-20)15-29(16-23-2-1-13-33-23)24(31)17-30(22-11-12-22)25(32)28-21-9-5-18(14-27)6-10-21/h1-10,13,22H,11-12,15-17H2,(H,28,32). The van der Waals surface area contributed by atoms with Crippen molar-refractivity contribution in [2.75, 3.05) is 11.9 Å². The first kappa shape index (κ1) is 22.5. The molecule has 0 atom stereocenters.